The fourth-order valence-corrected chi connectivity index (χ4v) is 1.42. The number of aryl methyl sites for hydroxylation is 1. The third-order valence-corrected chi connectivity index (χ3v) is 2.47. The largest absolute Gasteiger partial charge is 0.326 e. The molecular weight excluding hydrogens is 177 g/mol. The minimum atomic E-state index is -0.389. The lowest BCUT2D eigenvalue weighted by atomic mass is 10.0. The van der Waals surface area contributed by atoms with E-state index in [0.717, 1.165) is 11.1 Å². The van der Waals surface area contributed by atoms with Gasteiger partial charge >= 0.3 is 0 Å². The van der Waals surface area contributed by atoms with Crippen molar-refractivity contribution in [3.8, 4) is 0 Å². The van der Waals surface area contributed by atoms with Crippen LogP contribution in [0.25, 0.3) is 0 Å². The monoisotopic (exact) mass is 187 g/mol. The van der Waals surface area contributed by atoms with Crippen molar-refractivity contribution in [2.45, 2.75) is 20.4 Å². The molecule has 0 radical (unpaired) electrons. The maximum atomic E-state index is 13.0. The summed E-state index contributed by atoms with van der Waals surface area (Å²) in [7, 11) is 0. The predicted octanol–water partition coefficient (Wildman–Crippen LogP) is 2.55. The normalized spacial score (nSPS) is 10.4. The van der Waals surface area contributed by atoms with Crippen LogP contribution in [0.2, 0.25) is 5.02 Å². The second-order valence-electron chi connectivity index (χ2n) is 2.80. The van der Waals surface area contributed by atoms with E-state index in [1.54, 1.807) is 0 Å². The second kappa shape index (κ2) is 3.42. The third-order valence-electron chi connectivity index (χ3n) is 2.07. The average Bonchev–Trinajstić information content (AvgIpc) is 2.02. The Balaban J connectivity index is 3.42. The minimum Gasteiger partial charge on any atom is -0.326 e. The molecule has 0 spiro atoms. The van der Waals surface area contributed by atoms with Gasteiger partial charge in [-0.05, 0) is 36.6 Å². The van der Waals surface area contributed by atoms with Gasteiger partial charge in [-0.15, -0.1) is 0 Å². The summed E-state index contributed by atoms with van der Waals surface area (Å²) in [5.74, 6) is -0.389. The molecular formula is C9H11ClFN. The average molecular weight is 188 g/mol. The first-order chi connectivity index (χ1) is 5.57. The van der Waals surface area contributed by atoms with Crippen molar-refractivity contribution in [2.75, 3.05) is 0 Å². The molecule has 0 heterocycles. The first-order valence-electron chi connectivity index (χ1n) is 3.72. The molecule has 1 aromatic carbocycles. The van der Waals surface area contributed by atoms with E-state index in [1.807, 2.05) is 13.8 Å². The van der Waals surface area contributed by atoms with Gasteiger partial charge in [-0.3, -0.25) is 0 Å². The molecule has 2 N–H and O–H groups in total. The molecule has 0 bridgehead atoms. The Morgan fingerprint density at radius 3 is 2.58 bits per heavy atom. The maximum Gasteiger partial charge on any atom is 0.142 e. The Bertz CT molecular complexity index is 284. The SMILES string of the molecule is Cc1cc(F)c(Cl)c(CN)c1C. The molecule has 66 valence electrons. The van der Waals surface area contributed by atoms with Crippen LogP contribution in [0.1, 0.15) is 16.7 Å². The van der Waals surface area contributed by atoms with Gasteiger partial charge in [-0.1, -0.05) is 11.6 Å². The summed E-state index contributed by atoms with van der Waals surface area (Å²) in [6.07, 6.45) is 0. The highest BCUT2D eigenvalue weighted by Crippen LogP contribution is 2.25. The Hall–Kier alpha value is -0.600. The van der Waals surface area contributed by atoms with Crippen LogP contribution in [-0.4, -0.2) is 0 Å². The van der Waals surface area contributed by atoms with E-state index >= 15 is 0 Å². The highest BCUT2D eigenvalue weighted by Gasteiger charge is 2.09. The molecule has 0 aromatic heterocycles. The zero-order valence-corrected chi connectivity index (χ0v) is 7.87. The third kappa shape index (κ3) is 1.45. The van der Waals surface area contributed by atoms with E-state index in [-0.39, 0.29) is 17.4 Å². The van der Waals surface area contributed by atoms with E-state index < -0.39 is 0 Å². The van der Waals surface area contributed by atoms with Crippen molar-refractivity contribution in [1.29, 1.82) is 0 Å². The predicted molar refractivity (Wildman–Crippen MR) is 48.8 cm³/mol. The second-order valence-corrected chi connectivity index (χ2v) is 3.17. The van der Waals surface area contributed by atoms with E-state index in [9.17, 15) is 4.39 Å². The lowest BCUT2D eigenvalue weighted by molar-refractivity contribution is 0.624. The summed E-state index contributed by atoms with van der Waals surface area (Å²) in [4.78, 5) is 0. The van der Waals surface area contributed by atoms with Gasteiger partial charge in [0.2, 0.25) is 0 Å². The molecule has 0 fully saturated rings. The molecule has 0 saturated heterocycles. The van der Waals surface area contributed by atoms with Crippen LogP contribution in [-0.2, 0) is 6.54 Å². The van der Waals surface area contributed by atoms with Gasteiger partial charge in [0.25, 0.3) is 0 Å². The molecule has 1 aromatic rings. The lowest BCUT2D eigenvalue weighted by Crippen LogP contribution is -2.03. The molecule has 0 aliphatic rings. The van der Waals surface area contributed by atoms with Crippen molar-refractivity contribution in [2.24, 2.45) is 5.73 Å². The van der Waals surface area contributed by atoms with Crippen LogP contribution in [0.4, 0.5) is 4.39 Å². The molecule has 0 amide bonds. The van der Waals surface area contributed by atoms with Crippen LogP contribution in [0, 0.1) is 19.7 Å². The van der Waals surface area contributed by atoms with Crippen molar-refractivity contribution >= 4 is 11.6 Å². The number of benzene rings is 1. The highest BCUT2D eigenvalue weighted by atomic mass is 35.5. The van der Waals surface area contributed by atoms with Crippen LogP contribution in [0.15, 0.2) is 6.07 Å². The molecule has 1 rings (SSSR count). The van der Waals surface area contributed by atoms with Gasteiger partial charge in [0.15, 0.2) is 0 Å². The molecule has 0 aliphatic carbocycles. The van der Waals surface area contributed by atoms with E-state index in [1.165, 1.54) is 6.07 Å². The number of hydrogen-bond acceptors (Lipinski definition) is 1. The molecule has 0 atom stereocenters. The number of hydrogen-bond donors (Lipinski definition) is 1. The van der Waals surface area contributed by atoms with Crippen molar-refractivity contribution < 1.29 is 4.39 Å². The van der Waals surface area contributed by atoms with Crippen LogP contribution < -0.4 is 5.73 Å². The topological polar surface area (TPSA) is 26.0 Å². The standard InChI is InChI=1S/C9H11ClFN/c1-5-3-8(11)9(10)7(4-12)6(5)2/h3H,4,12H2,1-2H3. The molecule has 0 aliphatic heterocycles. The highest BCUT2D eigenvalue weighted by molar-refractivity contribution is 6.31. The van der Waals surface area contributed by atoms with Crippen LogP contribution in [0.5, 0.6) is 0 Å². The summed E-state index contributed by atoms with van der Waals surface area (Å²) in [5.41, 5.74) is 8.00. The minimum absolute atomic E-state index is 0.153. The summed E-state index contributed by atoms with van der Waals surface area (Å²) < 4.78 is 13.0. The molecule has 0 unspecified atom stereocenters. The summed E-state index contributed by atoms with van der Waals surface area (Å²) in [6, 6.07) is 1.43. The van der Waals surface area contributed by atoms with Crippen LogP contribution >= 0.6 is 11.6 Å². The summed E-state index contributed by atoms with van der Waals surface area (Å²) in [6.45, 7) is 4.01. The van der Waals surface area contributed by atoms with E-state index in [0.29, 0.717) is 5.56 Å². The molecule has 0 saturated carbocycles. The summed E-state index contributed by atoms with van der Waals surface area (Å²) >= 11 is 5.72. The smallest absolute Gasteiger partial charge is 0.142 e. The van der Waals surface area contributed by atoms with Gasteiger partial charge in [0.05, 0.1) is 5.02 Å². The van der Waals surface area contributed by atoms with Gasteiger partial charge in [0.1, 0.15) is 5.82 Å². The first-order valence-corrected chi connectivity index (χ1v) is 4.10. The molecule has 1 nitrogen and oxygen atoms in total. The fraction of sp³-hybridized carbons (Fsp3) is 0.333. The van der Waals surface area contributed by atoms with Crippen molar-refractivity contribution in [3.05, 3.63) is 33.6 Å². The van der Waals surface area contributed by atoms with E-state index in [4.69, 9.17) is 17.3 Å². The van der Waals surface area contributed by atoms with Crippen molar-refractivity contribution in [1.82, 2.24) is 0 Å². The number of rotatable bonds is 1. The fourth-order valence-electron chi connectivity index (χ4n) is 1.15. The Morgan fingerprint density at radius 1 is 1.50 bits per heavy atom. The first kappa shape index (κ1) is 9.49. The Morgan fingerprint density at radius 2 is 2.08 bits per heavy atom. The maximum absolute atomic E-state index is 13.0. The Labute approximate surface area is 76.3 Å². The quantitative estimate of drug-likeness (QED) is 0.719. The Kier molecular flexibility index (Phi) is 2.70. The van der Waals surface area contributed by atoms with Gasteiger partial charge in [-0.2, -0.15) is 0 Å². The number of halogens is 2. The van der Waals surface area contributed by atoms with Crippen LogP contribution in [0.3, 0.4) is 0 Å². The van der Waals surface area contributed by atoms with Gasteiger partial charge in [-0.25, -0.2) is 4.39 Å². The van der Waals surface area contributed by atoms with E-state index in [2.05, 4.69) is 0 Å². The van der Waals surface area contributed by atoms with Gasteiger partial charge < -0.3 is 5.73 Å². The zero-order chi connectivity index (χ0) is 9.30. The van der Waals surface area contributed by atoms with Crippen molar-refractivity contribution in [3.63, 3.8) is 0 Å². The van der Waals surface area contributed by atoms with Gasteiger partial charge in [0, 0.05) is 6.54 Å². The number of nitrogens with two attached hydrogens (primary N) is 1. The lowest BCUT2D eigenvalue weighted by Gasteiger charge is -2.09. The molecule has 3 heteroatoms. The molecule has 12 heavy (non-hydrogen) atoms. The summed E-state index contributed by atoms with van der Waals surface area (Å²) in [5, 5.41) is 0.153. The zero-order valence-electron chi connectivity index (χ0n) is 7.12.